The summed E-state index contributed by atoms with van der Waals surface area (Å²) in [5, 5.41) is 25.1. The number of carbonyl (C=O) groups excluding carboxylic acids is 12. The summed E-state index contributed by atoms with van der Waals surface area (Å²) in [6.45, 7) is 18.0. The van der Waals surface area contributed by atoms with Gasteiger partial charge in [-0.05, 0) is 128 Å². The van der Waals surface area contributed by atoms with Gasteiger partial charge in [0.05, 0.1) is 44.0 Å². The molecule has 0 aromatic carbocycles. The van der Waals surface area contributed by atoms with Crippen LogP contribution in [0, 0.1) is 29.6 Å². The van der Waals surface area contributed by atoms with Gasteiger partial charge in [0.2, 0.25) is 70.9 Å². The molecule has 0 aromatic rings. The maximum absolute atomic E-state index is 15.6. The zero-order valence-electron chi connectivity index (χ0n) is 64.4. The minimum Gasteiger partial charge on any atom is -0.391 e. The number of likely N-dealkylation sites (N-methyl/N-ethyl adjacent to an activating group) is 6. The maximum atomic E-state index is 15.6. The van der Waals surface area contributed by atoms with Crippen LogP contribution in [-0.2, 0) is 67.0 Å². The van der Waals surface area contributed by atoms with E-state index in [4.69, 9.17) is 21.1 Å². The Bertz CT molecular complexity index is 2840. The number of amides is 12. The summed E-state index contributed by atoms with van der Waals surface area (Å²) in [5.41, 5.74) is -0.836. The molecule has 0 radical (unpaired) electrons. The maximum Gasteiger partial charge on any atom is 0.248 e. The zero-order chi connectivity index (χ0) is 76.2. The van der Waals surface area contributed by atoms with Gasteiger partial charge in [0.25, 0.3) is 0 Å². The normalized spacial score (nSPS) is 29.4. The SMILES string of the molecule is CC(C)C[C@H]1C(=O)N[C@@H](COC(C)(C)C)C(=O)N(C)[C@@H](CC2CCCCC2)C(=O)N(C)[C@@H](C(C)C)C(=O)N[C@H](C(=O)N2CCCCC2)CC(=O)N[C@H](C(C)C)C(=O)N(C)[C@@H](CC2CCCCC2)C(=O)N[C@@H](COC2CCCC(Cl)C2)C(=O)N(C)[C@@H](C)C(=O)N[C@@H]([C@@H](C)O)C(=O)N(C)CC(=O)N1C. The van der Waals surface area contributed by atoms with Gasteiger partial charge in [0, 0.05) is 60.8 Å². The van der Waals surface area contributed by atoms with Crippen molar-refractivity contribution in [1.29, 1.82) is 0 Å². The number of likely N-dealkylation sites (tertiary alicyclic amines) is 1. The van der Waals surface area contributed by atoms with Gasteiger partial charge in [-0.3, -0.25) is 57.5 Å². The lowest BCUT2D eigenvalue weighted by molar-refractivity contribution is -0.153. The summed E-state index contributed by atoms with van der Waals surface area (Å²) in [4.78, 5) is 188. The van der Waals surface area contributed by atoms with Crippen molar-refractivity contribution >= 4 is 82.5 Å². The van der Waals surface area contributed by atoms with Crippen molar-refractivity contribution in [3.63, 3.8) is 0 Å². The lowest BCUT2D eigenvalue weighted by atomic mass is 9.84. The molecule has 102 heavy (non-hydrogen) atoms. The van der Waals surface area contributed by atoms with Crippen LogP contribution in [-0.4, -0.2) is 269 Å². The Hall–Kier alpha value is -6.19. The molecule has 2 unspecified atom stereocenters. The highest BCUT2D eigenvalue weighted by Gasteiger charge is 2.45. The van der Waals surface area contributed by atoms with Crippen LogP contribution in [0.1, 0.15) is 211 Å². The number of aliphatic hydroxyl groups is 1. The fourth-order valence-electron chi connectivity index (χ4n) is 14.8. The fraction of sp³-hybridized carbons (Fsp3) is 0.838. The summed E-state index contributed by atoms with van der Waals surface area (Å²) in [7, 11) is 8.42. The summed E-state index contributed by atoms with van der Waals surface area (Å²) in [5.74, 6) is -10.1. The Morgan fingerprint density at radius 2 is 1.07 bits per heavy atom. The van der Waals surface area contributed by atoms with Gasteiger partial charge in [-0.2, -0.15) is 0 Å². The van der Waals surface area contributed by atoms with E-state index in [-0.39, 0.29) is 61.7 Å². The third-order valence-electron chi connectivity index (χ3n) is 21.3. The highest BCUT2D eigenvalue weighted by Crippen LogP contribution is 2.32. The van der Waals surface area contributed by atoms with E-state index < -0.39 is 168 Å². The van der Waals surface area contributed by atoms with E-state index in [0.29, 0.717) is 38.8 Å². The van der Waals surface area contributed by atoms with Gasteiger partial charge in [0.1, 0.15) is 60.4 Å². The standard InChI is InChI=1S/C74H127ClN12O15/c1-44(2)36-56-65(92)78-55(43-102-74(9,10)11)69(96)85(16)58(38-50-30-23-19-24-31-50)71(98)86(17)63(46(5)6)67(94)76-53(70(97)87-34-25-20-26-35-87)40-59(89)79-61(45(3)4)73(100)84(15)57(37-49-28-21-18-22-29-49)66(93)77-54(42-101-52-33-27-32-51(75)39-52)68(95)82(13)47(7)64(91)80-62(48(8)88)72(99)81(12)41-60(90)83(56)14/h44-58,61-63,88H,18-43H2,1-17H3,(H,76,94)(H,77,93)(H,78,92)(H,79,89)(H,80,91)/t47-,48+,51?,52?,53-,54-,55-,56-,57-,58-,61+,62-,63-/m0/s1. The average molecular weight is 1460 g/mol. The van der Waals surface area contributed by atoms with Gasteiger partial charge in [0.15, 0.2) is 0 Å². The molecule has 3 saturated carbocycles. The summed E-state index contributed by atoms with van der Waals surface area (Å²) in [6.07, 6.45) is 11.4. The van der Waals surface area contributed by atoms with E-state index in [0.717, 1.165) is 98.2 Å². The van der Waals surface area contributed by atoms with Crippen molar-refractivity contribution in [1.82, 2.24) is 60.9 Å². The van der Waals surface area contributed by atoms with Gasteiger partial charge in [-0.1, -0.05) is 106 Å². The van der Waals surface area contributed by atoms with Crippen molar-refractivity contribution in [3.8, 4) is 0 Å². The van der Waals surface area contributed by atoms with E-state index in [2.05, 4.69) is 26.6 Å². The molecule has 0 aromatic heterocycles. The van der Waals surface area contributed by atoms with Crippen LogP contribution in [0.3, 0.4) is 0 Å². The summed E-state index contributed by atoms with van der Waals surface area (Å²) < 4.78 is 12.6. The van der Waals surface area contributed by atoms with Crippen LogP contribution in [0.15, 0.2) is 0 Å². The molecule has 12 amide bonds. The second-order valence-corrected chi connectivity index (χ2v) is 32.6. The van der Waals surface area contributed by atoms with Crippen LogP contribution >= 0.6 is 11.6 Å². The topological polar surface area (TPSA) is 326 Å². The van der Waals surface area contributed by atoms with Crippen LogP contribution in [0.2, 0.25) is 0 Å². The molecule has 2 saturated heterocycles. The Kier molecular flexibility index (Phi) is 34.2. The Labute approximate surface area is 612 Å². The molecule has 5 fully saturated rings. The first-order valence-corrected chi connectivity index (χ1v) is 38.2. The van der Waals surface area contributed by atoms with E-state index in [1.807, 2.05) is 13.8 Å². The van der Waals surface area contributed by atoms with Crippen molar-refractivity contribution < 1.29 is 72.1 Å². The Morgan fingerprint density at radius 3 is 1.60 bits per heavy atom. The Balaban J connectivity index is 1.66. The molecule has 3 aliphatic carbocycles. The molecular weight excluding hydrogens is 1330 g/mol. The minimum atomic E-state index is -1.66. The second-order valence-electron chi connectivity index (χ2n) is 31.9. The van der Waals surface area contributed by atoms with Crippen molar-refractivity contribution in [3.05, 3.63) is 0 Å². The van der Waals surface area contributed by atoms with Crippen molar-refractivity contribution in [2.45, 2.75) is 295 Å². The number of hydrogen-bond donors (Lipinski definition) is 6. The molecule has 0 bridgehead atoms. The van der Waals surface area contributed by atoms with Gasteiger partial charge in [-0.15, -0.1) is 11.6 Å². The van der Waals surface area contributed by atoms with Crippen LogP contribution in [0.5, 0.6) is 0 Å². The number of piperidine rings is 1. The molecule has 6 N–H and O–H groups in total. The molecule has 13 atom stereocenters. The molecule has 2 heterocycles. The van der Waals surface area contributed by atoms with E-state index in [9.17, 15) is 33.9 Å². The molecule has 5 rings (SSSR count). The average Bonchev–Trinajstić information content (AvgIpc) is 1.88. The monoisotopic (exact) mass is 1460 g/mol. The number of alkyl halides is 1. The van der Waals surface area contributed by atoms with E-state index in [1.54, 1.807) is 53.4 Å². The smallest absolute Gasteiger partial charge is 0.248 e. The first kappa shape index (κ1) is 86.5. The predicted octanol–water partition coefficient (Wildman–Crippen LogP) is 4.50. The number of nitrogens with one attached hydrogen (secondary N) is 5. The molecular formula is C74H127ClN12O15. The number of halogens is 1. The molecule has 580 valence electrons. The first-order chi connectivity index (χ1) is 47.8. The largest absolute Gasteiger partial charge is 0.391 e. The third kappa shape index (κ3) is 25.3. The van der Waals surface area contributed by atoms with Crippen LogP contribution in [0.4, 0.5) is 0 Å². The highest BCUT2D eigenvalue weighted by molar-refractivity contribution is 6.20. The molecule has 2 aliphatic heterocycles. The minimum absolute atomic E-state index is 0.00877. The van der Waals surface area contributed by atoms with Gasteiger partial charge < -0.3 is 75.5 Å². The number of carbonyl (C=O) groups is 12. The molecule has 27 nitrogen and oxygen atoms in total. The number of hydrogen-bond acceptors (Lipinski definition) is 15. The fourth-order valence-corrected chi connectivity index (χ4v) is 15.1. The van der Waals surface area contributed by atoms with E-state index >= 15 is 28.8 Å². The third-order valence-corrected chi connectivity index (χ3v) is 21.7. The quantitative estimate of drug-likeness (QED) is 0.123. The van der Waals surface area contributed by atoms with Gasteiger partial charge in [-0.25, -0.2) is 0 Å². The lowest BCUT2D eigenvalue weighted by Crippen LogP contribution is -2.62. The Morgan fingerprint density at radius 1 is 0.539 bits per heavy atom. The number of rotatable bonds is 15. The second kappa shape index (κ2) is 40.3. The number of nitrogens with zero attached hydrogens (tertiary/aromatic N) is 7. The number of ether oxygens (including phenoxy) is 2. The molecule has 5 aliphatic rings. The molecule has 28 heteroatoms. The van der Waals surface area contributed by atoms with Crippen molar-refractivity contribution in [2.24, 2.45) is 29.6 Å². The first-order valence-electron chi connectivity index (χ1n) is 37.8. The predicted molar refractivity (Wildman–Crippen MR) is 388 cm³/mol. The zero-order valence-corrected chi connectivity index (χ0v) is 65.2. The van der Waals surface area contributed by atoms with E-state index in [1.165, 1.54) is 70.8 Å². The summed E-state index contributed by atoms with van der Waals surface area (Å²) >= 11 is 6.60. The highest BCUT2D eigenvalue weighted by atomic mass is 35.5. The van der Waals surface area contributed by atoms with Crippen LogP contribution < -0.4 is 26.6 Å². The summed E-state index contributed by atoms with van der Waals surface area (Å²) in [6, 6.07) is -13.6. The van der Waals surface area contributed by atoms with Gasteiger partial charge >= 0.3 is 0 Å². The van der Waals surface area contributed by atoms with Crippen molar-refractivity contribution in [2.75, 3.05) is 75.1 Å². The molecule has 0 spiro atoms. The van der Waals surface area contributed by atoms with Crippen LogP contribution in [0.25, 0.3) is 0 Å². The number of aliphatic hydroxyl groups excluding tert-OH is 1. The lowest BCUT2D eigenvalue weighted by Gasteiger charge is -2.39.